The Labute approximate surface area is 151 Å². The highest BCUT2D eigenvalue weighted by molar-refractivity contribution is 5.87. The number of hydrogen-bond donors (Lipinski definition) is 2. The molecule has 1 saturated heterocycles. The van der Waals surface area contributed by atoms with Gasteiger partial charge in [-0.25, -0.2) is 14.4 Å². The quantitative estimate of drug-likeness (QED) is 0.734. The lowest BCUT2D eigenvalue weighted by molar-refractivity contribution is 0.134. The molecule has 1 aliphatic heterocycles. The molecular formula is C19H22FN5O. The summed E-state index contributed by atoms with van der Waals surface area (Å²) in [4.78, 5) is 16.3. The van der Waals surface area contributed by atoms with Gasteiger partial charge in [0.1, 0.15) is 23.6 Å². The molecule has 1 aromatic carbocycles. The first-order valence-corrected chi connectivity index (χ1v) is 8.87. The van der Waals surface area contributed by atoms with Gasteiger partial charge in [0.25, 0.3) is 0 Å². The van der Waals surface area contributed by atoms with Crippen LogP contribution in [-0.2, 0) is 6.54 Å². The molecule has 4 rings (SSSR count). The third-order valence-electron chi connectivity index (χ3n) is 5.03. The number of rotatable bonds is 5. The summed E-state index contributed by atoms with van der Waals surface area (Å²) in [6.07, 6.45) is 4.08. The second-order valence-corrected chi connectivity index (χ2v) is 6.61. The highest BCUT2D eigenvalue weighted by atomic mass is 19.1. The predicted molar refractivity (Wildman–Crippen MR) is 98.4 cm³/mol. The summed E-state index contributed by atoms with van der Waals surface area (Å²) in [5.41, 5.74) is 1.52. The summed E-state index contributed by atoms with van der Waals surface area (Å²) in [7, 11) is 0. The van der Waals surface area contributed by atoms with Gasteiger partial charge < -0.3 is 15.0 Å². The molecule has 0 radical (unpaired) electrons. The lowest BCUT2D eigenvalue weighted by atomic mass is 10.1. The van der Waals surface area contributed by atoms with Gasteiger partial charge in [-0.05, 0) is 18.6 Å². The first-order chi connectivity index (χ1) is 12.8. The topological polar surface area (TPSA) is 68.3 Å². The predicted octanol–water partition coefficient (Wildman–Crippen LogP) is 2.17. The van der Waals surface area contributed by atoms with Crippen molar-refractivity contribution in [3.8, 4) is 0 Å². The first kappa shape index (κ1) is 16.9. The largest absolute Gasteiger partial charge is 0.396 e. The van der Waals surface area contributed by atoms with Gasteiger partial charge in [0, 0.05) is 50.6 Å². The molecular weight excluding hydrogens is 333 g/mol. The van der Waals surface area contributed by atoms with Crippen LogP contribution in [0.5, 0.6) is 0 Å². The lowest BCUT2D eigenvalue weighted by Gasteiger charge is -2.42. The Kier molecular flexibility index (Phi) is 4.81. The third kappa shape index (κ3) is 3.27. The molecule has 3 aromatic rings. The van der Waals surface area contributed by atoms with E-state index in [2.05, 4.69) is 24.8 Å². The minimum Gasteiger partial charge on any atom is -0.396 e. The molecule has 2 aromatic heterocycles. The fraction of sp³-hybridized carbons (Fsp3) is 0.368. The Morgan fingerprint density at radius 1 is 1.19 bits per heavy atom. The normalized spacial score (nSPS) is 18.5. The molecule has 3 heterocycles. The lowest BCUT2D eigenvalue weighted by Crippen LogP contribution is -2.53. The maximum atomic E-state index is 14.0. The van der Waals surface area contributed by atoms with Crippen molar-refractivity contribution >= 4 is 16.9 Å². The number of anilines is 1. The van der Waals surface area contributed by atoms with E-state index in [0.29, 0.717) is 18.5 Å². The molecule has 136 valence electrons. The molecule has 0 amide bonds. The summed E-state index contributed by atoms with van der Waals surface area (Å²) in [5, 5.41) is 10.5. The molecule has 1 fully saturated rings. The fourth-order valence-corrected chi connectivity index (χ4v) is 3.67. The maximum absolute atomic E-state index is 14.0. The number of halogens is 1. The smallest absolute Gasteiger partial charge is 0.142 e. The van der Waals surface area contributed by atoms with Crippen LogP contribution in [0.25, 0.3) is 11.0 Å². The highest BCUT2D eigenvalue weighted by Crippen LogP contribution is 2.26. The van der Waals surface area contributed by atoms with E-state index >= 15 is 0 Å². The zero-order valence-corrected chi connectivity index (χ0v) is 14.5. The van der Waals surface area contributed by atoms with Gasteiger partial charge in [-0.3, -0.25) is 4.90 Å². The molecule has 0 aliphatic carbocycles. The van der Waals surface area contributed by atoms with Crippen LogP contribution < -0.4 is 4.90 Å². The molecule has 0 unspecified atom stereocenters. The van der Waals surface area contributed by atoms with E-state index in [4.69, 9.17) is 0 Å². The van der Waals surface area contributed by atoms with Crippen molar-refractivity contribution in [3.05, 3.63) is 54.2 Å². The molecule has 6 nitrogen and oxygen atoms in total. The molecule has 1 aliphatic rings. The SMILES string of the molecule is OCC[C@H]1CN(c2ncnc3[nH]ccc23)CCN1Cc1ccccc1F. The van der Waals surface area contributed by atoms with E-state index in [-0.39, 0.29) is 18.5 Å². The van der Waals surface area contributed by atoms with Crippen molar-refractivity contribution in [2.75, 3.05) is 31.1 Å². The van der Waals surface area contributed by atoms with Gasteiger partial charge >= 0.3 is 0 Å². The van der Waals surface area contributed by atoms with Crippen LogP contribution in [0.3, 0.4) is 0 Å². The minimum atomic E-state index is -0.178. The van der Waals surface area contributed by atoms with Gasteiger partial charge in [0.2, 0.25) is 0 Å². The van der Waals surface area contributed by atoms with E-state index in [1.54, 1.807) is 12.4 Å². The van der Waals surface area contributed by atoms with Gasteiger partial charge in [-0.1, -0.05) is 18.2 Å². The Morgan fingerprint density at radius 2 is 2.08 bits per heavy atom. The number of hydrogen-bond acceptors (Lipinski definition) is 5. The summed E-state index contributed by atoms with van der Waals surface area (Å²) in [6, 6.07) is 9.01. The van der Waals surface area contributed by atoms with Gasteiger partial charge in [0.05, 0.1) is 5.39 Å². The van der Waals surface area contributed by atoms with E-state index in [0.717, 1.165) is 36.5 Å². The second kappa shape index (κ2) is 7.39. The summed E-state index contributed by atoms with van der Waals surface area (Å²) in [6.45, 7) is 2.99. The van der Waals surface area contributed by atoms with E-state index in [1.165, 1.54) is 6.07 Å². The van der Waals surface area contributed by atoms with Crippen molar-refractivity contribution in [1.82, 2.24) is 19.9 Å². The van der Waals surface area contributed by atoms with Crippen LogP contribution >= 0.6 is 0 Å². The van der Waals surface area contributed by atoms with Gasteiger partial charge in [-0.15, -0.1) is 0 Å². The number of H-pyrrole nitrogens is 1. The number of aliphatic hydroxyl groups excluding tert-OH is 1. The van der Waals surface area contributed by atoms with Crippen LogP contribution in [0, 0.1) is 5.82 Å². The van der Waals surface area contributed by atoms with Crippen molar-refractivity contribution < 1.29 is 9.50 Å². The van der Waals surface area contributed by atoms with E-state index in [9.17, 15) is 9.50 Å². The molecule has 0 spiro atoms. The van der Waals surface area contributed by atoms with Gasteiger partial charge in [0.15, 0.2) is 0 Å². The molecule has 0 saturated carbocycles. The number of aromatic nitrogens is 3. The first-order valence-electron chi connectivity index (χ1n) is 8.87. The second-order valence-electron chi connectivity index (χ2n) is 6.61. The monoisotopic (exact) mass is 355 g/mol. The Balaban J connectivity index is 1.55. The standard InChI is InChI=1S/C19H22FN5O/c20-17-4-2-1-3-14(17)11-24-8-9-25(12-15(24)6-10-26)19-16-5-7-21-18(16)22-13-23-19/h1-5,7,13,15,26H,6,8-12H2,(H,21,22,23)/t15-/m0/s1. The van der Waals surface area contributed by atoms with Crippen molar-refractivity contribution in [1.29, 1.82) is 0 Å². The van der Waals surface area contributed by atoms with Crippen molar-refractivity contribution in [2.45, 2.75) is 19.0 Å². The van der Waals surface area contributed by atoms with Gasteiger partial charge in [-0.2, -0.15) is 0 Å². The van der Waals surface area contributed by atoms with Crippen molar-refractivity contribution in [2.24, 2.45) is 0 Å². The van der Waals surface area contributed by atoms with Crippen LogP contribution in [0.2, 0.25) is 0 Å². The zero-order chi connectivity index (χ0) is 17.9. The molecule has 1 atom stereocenters. The summed E-state index contributed by atoms with van der Waals surface area (Å²) in [5.74, 6) is 0.729. The number of aromatic amines is 1. The Hall–Kier alpha value is -2.51. The number of fused-ring (bicyclic) bond motifs is 1. The Bertz CT molecular complexity index is 883. The van der Waals surface area contributed by atoms with Crippen LogP contribution in [0.4, 0.5) is 10.2 Å². The highest BCUT2D eigenvalue weighted by Gasteiger charge is 2.28. The maximum Gasteiger partial charge on any atom is 0.142 e. The number of nitrogens with one attached hydrogen (secondary N) is 1. The average Bonchev–Trinajstić information content (AvgIpc) is 3.14. The molecule has 7 heteroatoms. The molecule has 0 bridgehead atoms. The van der Waals surface area contributed by atoms with Crippen molar-refractivity contribution in [3.63, 3.8) is 0 Å². The number of aliphatic hydroxyl groups is 1. The Morgan fingerprint density at radius 3 is 2.92 bits per heavy atom. The summed E-state index contributed by atoms with van der Waals surface area (Å²) >= 11 is 0. The van der Waals surface area contributed by atoms with Crippen LogP contribution in [-0.4, -0.2) is 57.2 Å². The third-order valence-corrected chi connectivity index (χ3v) is 5.03. The molecule has 2 N–H and O–H groups in total. The average molecular weight is 355 g/mol. The number of piperazine rings is 1. The van der Waals surface area contributed by atoms with E-state index in [1.807, 2.05) is 24.4 Å². The summed E-state index contributed by atoms with van der Waals surface area (Å²) < 4.78 is 14.0. The van der Waals surface area contributed by atoms with E-state index < -0.39 is 0 Å². The zero-order valence-electron chi connectivity index (χ0n) is 14.5. The van der Waals surface area contributed by atoms with Crippen LogP contribution in [0.15, 0.2) is 42.9 Å². The molecule has 26 heavy (non-hydrogen) atoms. The fourth-order valence-electron chi connectivity index (χ4n) is 3.67. The van der Waals surface area contributed by atoms with Crippen LogP contribution in [0.1, 0.15) is 12.0 Å². The minimum absolute atomic E-state index is 0.107. The number of benzene rings is 1. The number of nitrogens with zero attached hydrogens (tertiary/aromatic N) is 4.